The van der Waals surface area contributed by atoms with E-state index in [4.69, 9.17) is 5.11 Å². The third-order valence-electron chi connectivity index (χ3n) is 3.60. The maximum absolute atomic E-state index is 10.7. The summed E-state index contributed by atoms with van der Waals surface area (Å²) >= 11 is 0. The Hall–Kier alpha value is -1.35. The lowest BCUT2D eigenvalue weighted by Gasteiger charge is -2.16. The molecule has 0 bridgehead atoms. The highest BCUT2D eigenvalue weighted by molar-refractivity contribution is 5.87. The molecule has 1 aliphatic rings. The Morgan fingerprint density at radius 2 is 2.06 bits per heavy atom. The number of carbonyl (C=O) groups is 1. The van der Waals surface area contributed by atoms with Crippen molar-refractivity contribution in [3.05, 3.63) is 35.4 Å². The van der Waals surface area contributed by atoms with E-state index >= 15 is 0 Å². The molecule has 2 N–H and O–H groups in total. The second-order valence-corrected chi connectivity index (χ2v) is 5.17. The zero-order valence-corrected chi connectivity index (χ0v) is 10.9. The van der Waals surface area contributed by atoms with E-state index in [0.29, 0.717) is 11.6 Å². The summed E-state index contributed by atoms with van der Waals surface area (Å²) in [6.45, 7) is 3.04. The van der Waals surface area contributed by atoms with E-state index in [-0.39, 0.29) is 0 Å². The van der Waals surface area contributed by atoms with Crippen molar-refractivity contribution in [2.75, 3.05) is 0 Å². The van der Waals surface area contributed by atoms with Crippen LogP contribution in [0.25, 0.3) is 0 Å². The number of rotatable bonds is 7. The number of aromatic carboxylic acids is 1. The standard InChI is InChI=1S/C15H21NO2/c1-2-14(9-11-3-4-11)16-10-12-5-7-13(8-6-12)15(17)18/h5-8,11,14,16H,2-4,9-10H2,1H3,(H,17,18). The Bertz CT molecular complexity index is 395. The first-order valence-corrected chi connectivity index (χ1v) is 6.74. The average Bonchev–Trinajstić information content (AvgIpc) is 3.18. The van der Waals surface area contributed by atoms with E-state index in [0.717, 1.165) is 24.4 Å². The molecule has 1 saturated carbocycles. The molecule has 1 aromatic carbocycles. The molecule has 2 rings (SSSR count). The van der Waals surface area contributed by atoms with Gasteiger partial charge in [-0.25, -0.2) is 4.79 Å². The molecule has 0 amide bonds. The summed E-state index contributed by atoms with van der Waals surface area (Å²) < 4.78 is 0. The lowest BCUT2D eigenvalue weighted by Crippen LogP contribution is -2.28. The van der Waals surface area contributed by atoms with E-state index < -0.39 is 5.97 Å². The smallest absolute Gasteiger partial charge is 0.335 e. The third kappa shape index (κ3) is 3.84. The monoisotopic (exact) mass is 247 g/mol. The predicted molar refractivity (Wildman–Crippen MR) is 71.7 cm³/mol. The molecule has 98 valence electrons. The minimum atomic E-state index is -0.866. The zero-order valence-electron chi connectivity index (χ0n) is 10.9. The fourth-order valence-electron chi connectivity index (χ4n) is 2.18. The lowest BCUT2D eigenvalue weighted by atomic mass is 10.1. The van der Waals surface area contributed by atoms with Crippen LogP contribution in [0.15, 0.2) is 24.3 Å². The van der Waals surface area contributed by atoms with Gasteiger partial charge in [0.15, 0.2) is 0 Å². The summed E-state index contributed by atoms with van der Waals surface area (Å²) in [5, 5.41) is 12.4. The average molecular weight is 247 g/mol. The van der Waals surface area contributed by atoms with Crippen molar-refractivity contribution in [1.29, 1.82) is 0 Å². The number of carboxylic acids is 1. The molecule has 1 fully saturated rings. The molecule has 1 atom stereocenters. The lowest BCUT2D eigenvalue weighted by molar-refractivity contribution is 0.0697. The van der Waals surface area contributed by atoms with Crippen molar-refractivity contribution in [3.8, 4) is 0 Å². The molecule has 3 nitrogen and oxygen atoms in total. The van der Waals surface area contributed by atoms with Crippen LogP contribution in [0.3, 0.4) is 0 Å². The van der Waals surface area contributed by atoms with Gasteiger partial charge in [0.2, 0.25) is 0 Å². The second-order valence-electron chi connectivity index (χ2n) is 5.17. The summed E-state index contributed by atoms with van der Waals surface area (Å²) in [6, 6.07) is 7.71. The van der Waals surface area contributed by atoms with Gasteiger partial charge in [0.1, 0.15) is 0 Å². The van der Waals surface area contributed by atoms with Crippen LogP contribution in [-0.4, -0.2) is 17.1 Å². The van der Waals surface area contributed by atoms with Crippen molar-refractivity contribution in [1.82, 2.24) is 5.32 Å². The fourth-order valence-corrected chi connectivity index (χ4v) is 2.18. The van der Waals surface area contributed by atoms with Gasteiger partial charge in [-0.2, -0.15) is 0 Å². The van der Waals surface area contributed by atoms with Gasteiger partial charge < -0.3 is 10.4 Å². The summed E-state index contributed by atoms with van der Waals surface area (Å²) in [7, 11) is 0. The number of nitrogens with one attached hydrogen (secondary N) is 1. The highest BCUT2D eigenvalue weighted by Crippen LogP contribution is 2.34. The van der Waals surface area contributed by atoms with Gasteiger partial charge in [-0.3, -0.25) is 0 Å². The number of hydrogen-bond donors (Lipinski definition) is 2. The minimum absolute atomic E-state index is 0.351. The highest BCUT2D eigenvalue weighted by atomic mass is 16.4. The van der Waals surface area contributed by atoms with Crippen molar-refractivity contribution >= 4 is 5.97 Å². The van der Waals surface area contributed by atoms with Crippen LogP contribution < -0.4 is 5.32 Å². The molecule has 0 aliphatic heterocycles. The Morgan fingerprint density at radius 1 is 1.39 bits per heavy atom. The Morgan fingerprint density at radius 3 is 2.56 bits per heavy atom. The van der Waals surface area contributed by atoms with Crippen LogP contribution in [0.5, 0.6) is 0 Å². The molecular weight excluding hydrogens is 226 g/mol. The first-order chi connectivity index (χ1) is 8.69. The minimum Gasteiger partial charge on any atom is -0.478 e. The van der Waals surface area contributed by atoms with Crippen molar-refractivity contribution in [2.24, 2.45) is 5.92 Å². The topological polar surface area (TPSA) is 49.3 Å². The Balaban J connectivity index is 1.82. The molecule has 0 radical (unpaired) electrons. The van der Waals surface area contributed by atoms with Gasteiger partial charge in [-0.15, -0.1) is 0 Å². The molecule has 1 unspecified atom stereocenters. The molecule has 0 heterocycles. The van der Waals surface area contributed by atoms with Crippen LogP contribution >= 0.6 is 0 Å². The maximum atomic E-state index is 10.7. The van der Waals surface area contributed by atoms with Gasteiger partial charge in [0.05, 0.1) is 5.56 Å². The van der Waals surface area contributed by atoms with Crippen LogP contribution in [0, 0.1) is 5.92 Å². The van der Waals surface area contributed by atoms with Crippen LogP contribution in [0.1, 0.15) is 48.5 Å². The molecule has 0 saturated heterocycles. The summed E-state index contributed by atoms with van der Waals surface area (Å²) in [5.41, 5.74) is 1.50. The zero-order chi connectivity index (χ0) is 13.0. The SMILES string of the molecule is CCC(CC1CC1)NCc1ccc(C(=O)O)cc1. The molecular formula is C15H21NO2. The highest BCUT2D eigenvalue weighted by Gasteiger charge is 2.24. The van der Waals surface area contributed by atoms with Gasteiger partial charge in [-0.1, -0.05) is 31.9 Å². The van der Waals surface area contributed by atoms with Crippen molar-refractivity contribution in [3.63, 3.8) is 0 Å². The molecule has 18 heavy (non-hydrogen) atoms. The van der Waals surface area contributed by atoms with E-state index in [1.165, 1.54) is 19.3 Å². The first kappa shape index (κ1) is 13.1. The normalized spacial score (nSPS) is 16.5. The number of hydrogen-bond acceptors (Lipinski definition) is 2. The molecule has 1 aliphatic carbocycles. The molecule has 0 spiro atoms. The summed E-state index contributed by atoms with van der Waals surface area (Å²) in [6.07, 6.45) is 5.23. The Labute approximate surface area is 108 Å². The van der Waals surface area contributed by atoms with Crippen molar-refractivity contribution in [2.45, 2.75) is 45.2 Å². The fraction of sp³-hybridized carbons (Fsp3) is 0.533. The van der Waals surface area contributed by atoms with E-state index in [9.17, 15) is 4.79 Å². The molecule has 3 heteroatoms. The quantitative estimate of drug-likeness (QED) is 0.778. The van der Waals surface area contributed by atoms with Gasteiger partial charge in [0.25, 0.3) is 0 Å². The second kappa shape index (κ2) is 6.01. The van der Waals surface area contributed by atoms with Crippen LogP contribution in [0.2, 0.25) is 0 Å². The van der Waals surface area contributed by atoms with E-state index in [1.54, 1.807) is 12.1 Å². The largest absolute Gasteiger partial charge is 0.478 e. The van der Waals surface area contributed by atoms with Gasteiger partial charge in [-0.05, 0) is 36.5 Å². The van der Waals surface area contributed by atoms with Crippen LogP contribution in [-0.2, 0) is 6.54 Å². The maximum Gasteiger partial charge on any atom is 0.335 e. The third-order valence-corrected chi connectivity index (χ3v) is 3.60. The Kier molecular flexibility index (Phi) is 4.37. The van der Waals surface area contributed by atoms with Gasteiger partial charge >= 0.3 is 5.97 Å². The predicted octanol–water partition coefficient (Wildman–Crippen LogP) is 3.05. The molecule has 1 aromatic rings. The summed E-state index contributed by atoms with van der Waals surface area (Å²) in [5.74, 6) is 0.0755. The number of carboxylic acid groups (broad SMARTS) is 1. The van der Waals surface area contributed by atoms with Gasteiger partial charge in [0, 0.05) is 12.6 Å². The number of benzene rings is 1. The van der Waals surface area contributed by atoms with E-state index in [2.05, 4.69) is 12.2 Å². The molecule has 0 aromatic heterocycles. The first-order valence-electron chi connectivity index (χ1n) is 6.74. The van der Waals surface area contributed by atoms with Crippen LogP contribution in [0.4, 0.5) is 0 Å². The van der Waals surface area contributed by atoms with Crippen molar-refractivity contribution < 1.29 is 9.90 Å². The summed E-state index contributed by atoms with van der Waals surface area (Å²) in [4.78, 5) is 10.7. The van der Waals surface area contributed by atoms with E-state index in [1.807, 2.05) is 12.1 Å².